The van der Waals surface area contributed by atoms with Crippen LogP contribution in [0.2, 0.25) is 0 Å². The molecule has 2 aliphatic heterocycles. The Kier molecular flexibility index (Phi) is 7.26. The van der Waals surface area contributed by atoms with E-state index in [1.54, 1.807) is 62.0 Å². The molecule has 3 heterocycles. The number of rotatable bonds is 6. The predicted octanol–water partition coefficient (Wildman–Crippen LogP) is 2.46. The maximum absolute atomic E-state index is 14.1. The van der Waals surface area contributed by atoms with Crippen molar-refractivity contribution in [2.75, 3.05) is 20.1 Å². The topological polar surface area (TPSA) is 114 Å². The van der Waals surface area contributed by atoms with E-state index in [0.717, 1.165) is 27.6 Å². The number of amides is 4. The maximum Gasteiger partial charge on any atom is 0.334 e. The molecule has 2 N–H and O–H groups in total. The molecule has 11 nitrogen and oxygen atoms in total. The fraction of sp³-hybridized carbons (Fsp3) is 0.290. The standard InChI is InChI=1S/C31H33N7O4/c1-34-20-29(40)37-27(15-21-11-13-24(39)14-12-21)30(41)36(18-23-9-6-10-26-25(23)17-33-35(26)2)19-28(37)38(34)31(42)32-16-22-7-4-3-5-8-22/h3-14,17,27-28,39H,15-16,18-20H2,1-2H3,(H,32,42)/t27-,28-/m0/s1. The molecule has 216 valence electrons. The molecule has 42 heavy (non-hydrogen) atoms. The predicted molar refractivity (Wildman–Crippen MR) is 156 cm³/mol. The zero-order chi connectivity index (χ0) is 29.4. The van der Waals surface area contributed by atoms with Crippen LogP contribution in [0.4, 0.5) is 4.79 Å². The molecule has 2 atom stereocenters. The summed E-state index contributed by atoms with van der Waals surface area (Å²) in [5, 5.41) is 21.3. The number of phenolic OH excluding ortho intramolecular Hbond substituents is 1. The molecule has 6 rings (SSSR count). The van der Waals surface area contributed by atoms with Gasteiger partial charge in [-0.1, -0.05) is 54.6 Å². The highest BCUT2D eigenvalue weighted by Crippen LogP contribution is 2.30. The van der Waals surface area contributed by atoms with Gasteiger partial charge in [0, 0.05) is 39.0 Å². The smallest absolute Gasteiger partial charge is 0.334 e. The number of aromatic hydroxyl groups is 1. The van der Waals surface area contributed by atoms with Crippen molar-refractivity contribution in [3.63, 3.8) is 0 Å². The van der Waals surface area contributed by atoms with Crippen LogP contribution >= 0.6 is 0 Å². The molecule has 1 aromatic heterocycles. The Morgan fingerprint density at radius 3 is 2.50 bits per heavy atom. The van der Waals surface area contributed by atoms with Crippen LogP contribution in [0.15, 0.2) is 79.0 Å². The molecule has 4 amide bonds. The van der Waals surface area contributed by atoms with Crippen molar-refractivity contribution in [2.45, 2.75) is 31.7 Å². The molecular formula is C31H33N7O4. The van der Waals surface area contributed by atoms with Crippen molar-refractivity contribution < 1.29 is 19.5 Å². The first-order valence-corrected chi connectivity index (χ1v) is 13.9. The number of carbonyl (C=O) groups excluding carboxylic acids is 3. The van der Waals surface area contributed by atoms with Gasteiger partial charge in [-0.15, -0.1) is 0 Å². The first-order valence-electron chi connectivity index (χ1n) is 13.9. The Morgan fingerprint density at radius 2 is 1.74 bits per heavy atom. The highest BCUT2D eigenvalue weighted by molar-refractivity contribution is 5.92. The highest BCUT2D eigenvalue weighted by atomic mass is 16.3. The van der Waals surface area contributed by atoms with E-state index in [4.69, 9.17) is 0 Å². The number of nitrogens with zero attached hydrogens (tertiary/aromatic N) is 6. The third kappa shape index (κ3) is 5.14. The summed E-state index contributed by atoms with van der Waals surface area (Å²) in [7, 11) is 3.59. The molecule has 4 aromatic rings. The molecule has 0 saturated carbocycles. The number of hydrazine groups is 1. The second-order valence-corrected chi connectivity index (χ2v) is 10.8. The van der Waals surface area contributed by atoms with Crippen LogP contribution in [0.5, 0.6) is 5.75 Å². The number of urea groups is 1. The van der Waals surface area contributed by atoms with Gasteiger partial charge in [-0.2, -0.15) is 5.10 Å². The zero-order valence-corrected chi connectivity index (χ0v) is 23.6. The molecule has 3 aromatic carbocycles. The SMILES string of the molecule is CN1CC(=O)N2[C@@H](Cc3ccc(O)cc3)C(=O)N(Cc3cccc4c3cnn4C)C[C@@H]2N1C(=O)NCc1ccccc1. The third-order valence-corrected chi connectivity index (χ3v) is 8.04. The van der Waals surface area contributed by atoms with E-state index >= 15 is 0 Å². The zero-order valence-electron chi connectivity index (χ0n) is 23.6. The molecular weight excluding hydrogens is 534 g/mol. The van der Waals surface area contributed by atoms with E-state index in [9.17, 15) is 19.5 Å². The van der Waals surface area contributed by atoms with Gasteiger partial charge < -0.3 is 20.2 Å². The Labute approximate surface area is 243 Å². The monoisotopic (exact) mass is 567 g/mol. The minimum atomic E-state index is -0.827. The lowest BCUT2D eigenvalue weighted by Crippen LogP contribution is -2.76. The lowest BCUT2D eigenvalue weighted by molar-refractivity contribution is -0.187. The largest absolute Gasteiger partial charge is 0.508 e. The van der Waals surface area contributed by atoms with Gasteiger partial charge >= 0.3 is 6.03 Å². The quantitative estimate of drug-likeness (QED) is 0.370. The second-order valence-electron chi connectivity index (χ2n) is 10.8. The molecule has 2 aliphatic rings. The van der Waals surface area contributed by atoms with Gasteiger partial charge in [0.2, 0.25) is 11.8 Å². The summed E-state index contributed by atoms with van der Waals surface area (Å²) in [5.74, 6) is -0.293. The molecule has 2 fully saturated rings. The Bertz CT molecular complexity index is 1620. The van der Waals surface area contributed by atoms with Crippen LogP contribution in [0.1, 0.15) is 16.7 Å². The van der Waals surface area contributed by atoms with Gasteiger partial charge in [0.05, 0.1) is 24.8 Å². The van der Waals surface area contributed by atoms with Crippen LogP contribution in [0.25, 0.3) is 10.9 Å². The lowest BCUT2D eigenvalue weighted by Gasteiger charge is -2.54. The van der Waals surface area contributed by atoms with Gasteiger partial charge in [-0.25, -0.2) is 14.8 Å². The summed E-state index contributed by atoms with van der Waals surface area (Å²) in [5.41, 5.74) is 3.64. The average Bonchev–Trinajstić information content (AvgIpc) is 3.37. The number of carbonyl (C=O) groups is 3. The number of aromatic nitrogens is 2. The molecule has 11 heteroatoms. The molecule has 2 saturated heterocycles. The first-order chi connectivity index (χ1) is 20.3. The molecule has 0 unspecified atom stereocenters. The van der Waals surface area contributed by atoms with Gasteiger partial charge in [0.15, 0.2) is 0 Å². The minimum absolute atomic E-state index is 0.0381. The van der Waals surface area contributed by atoms with Crippen molar-refractivity contribution >= 4 is 28.7 Å². The number of likely N-dealkylation sites (N-methyl/N-ethyl adjacent to an activating group) is 1. The summed E-state index contributed by atoms with van der Waals surface area (Å²) >= 11 is 0. The van der Waals surface area contributed by atoms with Gasteiger partial charge in [-0.05, 0) is 34.9 Å². The molecule has 0 spiro atoms. The minimum Gasteiger partial charge on any atom is -0.508 e. The van der Waals surface area contributed by atoms with Crippen molar-refractivity contribution in [3.05, 3.63) is 95.7 Å². The van der Waals surface area contributed by atoms with E-state index in [2.05, 4.69) is 10.4 Å². The Balaban J connectivity index is 1.34. The highest BCUT2D eigenvalue weighted by Gasteiger charge is 2.50. The first kappa shape index (κ1) is 27.3. The number of hydrogen-bond acceptors (Lipinski definition) is 6. The summed E-state index contributed by atoms with van der Waals surface area (Å²) in [6.07, 6.45) is 1.33. The van der Waals surface area contributed by atoms with Gasteiger partial charge in [0.1, 0.15) is 18.0 Å². The number of phenols is 1. The van der Waals surface area contributed by atoms with E-state index in [0.29, 0.717) is 13.1 Å². The van der Waals surface area contributed by atoms with E-state index in [1.807, 2.05) is 55.6 Å². The summed E-state index contributed by atoms with van der Waals surface area (Å²) in [6, 6.07) is 21.0. The summed E-state index contributed by atoms with van der Waals surface area (Å²) in [6.45, 7) is 0.739. The fourth-order valence-corrected chi connectivity index (χ4v) is 5.94. The number of fused-ring (bicyclic) bond motifs is 2. The summed E-state index contributed by atoms with van der Waals surface area (Å²) in [4.78, 5) is 44.6. The van der Waals surface area contributed by atoms with Crippen molar-refractivity contribution in [1.82, 2.24) is 34.9 Å². The molecule has 0 bridgehead atoms. The van der Waals surface area contributed by atoms with E-state index in [-0.39, 0.29) is 43.1 Å². The molecule has 0 aliphatic carbocycles. The van der Waals surface area contributed by atoms with Gasteiger partial charge in [-0.3, -0.25) is 14.3 Å². The third-order valence-electron chi connectivity index (χ3n) is 8.04. The molecule has 0 radical (unpaired) electrons. The maximum atomic E-state index is 14.1. The lowest BCUT2D eigenvalue weighted by atomic mass is 9.98. The second kappa shape index (κ2) is 11.2. The van der Waals surface area contributed by atoms with Crippen LogP contribution in [-0.2, 0) is 36.1 Å². The van der Waals surface area contributed by atoms with Gasteiger partial charge in [0.25, 0.3) is 0 Å². The van der Waals surface area contributed by atoms with Crippen molar-refractivity contribution in [3.8, 4) is 5.75 Å². The van der Waals surface area contributed by atoms with E-state index in [1.165, 1.54) is 0 Å². The van der Waals surface area contributed by atoms with Crippen LogP contribution < -0.4 is 5.32 Å². The van der Waals surface area contributed by atoms with Crippen LogP contribution in [-0.4, -0.2) is 84.9 Å². The fourth-order valence-electron chi connectivity index (χ4n) is 5.94. The van der Waals surface area contributed by atoms with Crippen LogP contribution in [0.3, 0.4) is 0 Å². The number of hydrogen-bond donors (Lipinski definition) is 2. The van der Waals surface area contributed by atoms with E-state index < -0.39 is 12.2 Å². The Morgan fingerprint density at radius 1 is 0.976 bits per heavy atom. The van der Waals surface area contributed by atoms with Crippen LogP contribution in [0, 0.1) is 0 Å². The van der Waals surface area contributed by atoms with Crippen molar-refractivity contribution in [1.29, 1.82) is 0 Å². The van der Waals surface area contributed by atoms with Crippen molar-refractivity contribution in [2.24, 2.45) is 7.05 Å². The normalized spacial score (nSPS) is 19.3. The number of piperazine rings is 1. The Hall–Kier alpha value is -4.90. The number of benzene rings is 3. The number of nitrogens with one attached hydrogen (secondary N) is 1. The average molecular weight is 568 g/mol. The number of aryl methyl sites for hydroxylation is 1. The summed E-state index contributed by atoms with van der Waals surface area (Å²) < 4.78 is 1.79.